The fraction of sp³-hybridized carbons (Fsp3) is 0.611. The quantitative estimate of drug-likeness (QED) is 0.344. The standard InChI is InChI=1S/C18H29FN4O.HI/c1-3-20-18(21-11-14(2)13-24)22-16-7-5-9-23(12-16)17-8-4-6-15(19)10-17;/h4,6,8,10,14,16,24H,3,5,7,9,11-13H2,1-2H3,(H2,20,21,22);1H. The van der Waals surface area contributed by atoms with Crippen LogP contribution in [0.25, 0.3) is 0 Å². The highest BCUT2D eigenvalue weighted by Crippen LogP contribution is 2.20. The average molecular weight is 464 g/mol. The van der Waals surface area contributed by atoms with Crippen molar-refractivity contribution in [2.75, 3.05) is 37.7 Å². The smallest absolute Gasteiger partial charge is 0.191 e. The predicted molar refractivity (Wildman–Crippen MR) is 112 cm³/mol. The van der Waals surface area contributed by atoms with Crippen LogP contribution in [0.4, 0.5) is 10.1 Å². The number of nitrogens with zero attached hydrogens (tertiary/aromatic N) is 2. The molecule has 0 saturated carbocycles. The van der Waals surface area contributed by atoms with E-state index in [0.29, 0.717) is 6.54 Å². The SMILES string of the molecule is CCNC(=NCC(C)CO)NC1CCCN(c2cccc(F)c2)C1.I. The van der Waals surface area contributed by atoms with Crippen LogP contribution in [-0.2, 0) is 0 Å². The first-order valence-electron chi connectivity index (χ1n) is 8.78. The van der Waals surface area contributed by atoms with Gasteiger partial charge in [0.05, 0.1) is 0 Å². The number of hydrogen-bond acceptors (Lipinski definition) is 3. The lowest BCUT2D eigenvalue weighted by Crippen LogP contribution is -2.51. The van der Waals surface area contributed by atoms with Crippen molar-refractivity contribution in [3.63, 3.8) is 0 Å². The summed E-state index contributed by atoms with van der Waals surface area (Å²) in [5.41, 5.74) is 0.928. The Labute approximate surface area is 167 Å². The van der Waals surface area contributed by atoms with E-state index < -0.39 is 0 Å². The number of benzene rings is 1. The number of halogens is 2. The normalized spacial score (nSPS) is 19.1. The lowest BCUT2D eigenvalue weighted by Gasteiger charge is -2.35. The topological polar surface area (TPSA) is 59.9 Å². The molecule has 0 bridgehead atoms. The van der Waals surface area contributed by atoms with E-state index in [1.54, 1.807) is 12.1 Å². The molecule has 0 spiro atoms. The number of guanidine groups is 1. The van der Waals surface area contributed by atoms with Crippen LogP contribution in [-0.4, -0.2) is 49.9 Å². The summed E-state index contributed by atoms with van der Waals surface area (Å²) < 4.78 is 13.4. The van der Waals surface area contributed by atoms with E-state index in [1.165, 1.54) is 6.07 Å². The molecule has 1 fully saturated rings. The van der Waals surface area contributed by atoms with E-state index in [0.717, 1.165) is 44.1 Å². The van der Waals surface area contributed by atoms with E-state index in [4.69, 9.17) is 5.11 Å². The number of aliphatic imine (C=N–C) groups is 1. The summed E-state index contributed by atoms with van der Waals surface area (Å²) in [5.74, 6) is 0.731. The Morgan fingerprint density at radius 2 is 2.28 bits per heavy atom. The zero-order valence-corrected chi connectivity index (χ0v) is 17.4. The molecule has 1 saturated heterocycles. The maximum Gasteiger partial charge on any atom is 0.191 e. The van der Waals surface area contributed by atoms with Crippen LogP contribution in [0.15, 0.2) is 29.3 Å². The molecule has 3 N–H and O–H groups in total. The van der Waals surface area contributed by atoms with Crippen molar-refractivity contribution in [3.05, 3.63) is 30.1 Å². The molecule has 1 aromatic rings. The Morgan fingerprint density at radius 3 is 2.96 bits per heavy atom. The van der Waals surface area contributed by atoms with Crippen molar-refractivity contribution < 1.29 is 9.50 Å². The number of nitrogens with one attached hydrogen (secondary N) is 2. The summed E-state index contributed by atoms with van der Waals surface area (Å²) in [7, 11) is 0. The maximum absolute atomic E-state index is 13.4. The molecule has 1 aromatic carbocycles. The lowest BCUT2D eigenvalue weighted by atomic mass is 10.0. The number of aliphatic hydroxyl groups excluding tert-OH is 1. The van der Waals surface area contributed by atoms with E-state index in [1.807, 2.05) is 19.9 Å². The number of aliphatic hydroxyl groups is 1. The molecule has 0 radical (unpaired) electrons. The molecular formula is C18H30FIN4O. The summed E-state index contributed by atoms with van der Waals surface area (Å²) in [6.07, 6.45) is 2.12. The highest BCUT2D eigenvalue weighted by molar-refractivity contribution is 14.0. The van der Waals surface area contributed by atoms with Crippen LogP contribution >= 0.6 is 24.0 Å². The minimum Gasteiger partial charge on any atom is -0.396 e. The second-order valence-electron chi connectivity index (χ2n) is 6.42. The van der Waals surface area contributed by atoms with E-state index in [2.05, 4.69) is 20.5 Å². The molecule has 2 atom stereocenters. The zero-order valence-electron chi connectivity index (χ0n) is 15.0. The minimum absolute atomic E-state index is 0. The first kappa shape index (κ1) is 22.0. The molecule has 0 aromatic heterocycles. The lowest BCUT2D eigenvalue weighted by molar-refractivity contribution is 0.241. The van der Waals surface area contributed by atoms with Crippen molar-refractivity contribution in [3.8, 4) is 0 Å². The molecule has 0 aliphatic carbocycles. The largest absolute Gasteiger partial charge is 0.396 e. The summed E-state index contributed by atoms with van der Waals surface area (Å²) in [6, 6.07) is 7.03. The molecule has 1 heterocycles. The molecule has 2 rings (SSSR count). The average Bonchev–Trinajstić information content (AvgIpc) is 2.60. The van der Waals surface area contributed by atoms with Crippen molar-refractivity contribution in [1.29, 1.82) is 0 Å². The summed E-state index contributed by atoms with van der Waals surface area (Å²) in [6.45, 7) is 7.29. The Morgan fingerprint density at radius 1 is 1.48 bits per heavy atom. The van der Waals surface area contributed by atoms with Gasteiger partial charge in [-0.2, -0.15) is 0 Å². The maximum atomic E-state index is 13.4. The van der Waals surface area contributed by atoms with Gasteiger partial charge in [0.15, 0.2) is 5.96 Å². The summed E-state index contributed by atoms with van der Waals surface area (Å²) in [5, 5.41) is 15.9. The van der Waals surface area contributed by atoms with Gasteiger partial charge in [0, 0.05) is 44.5 Å². The van der Waals surface area contributed by atoms with Gasteiger partial charge < -0.3 is 20.6 Å². The number of rotatable bonds is 6. The predicted octanol–water partition coefficient (Wildman–Crippen LogP) is 2.60. The fourth-order valence-corrected chi connectivity index (χ4v) is 2.82. The molecule has 7 heteroatoms. The van der Waals surface area contributed by atoms with Crippen molar-refractivity contribution >= 4 is 35.6 Å². The second-order valence-corrected chi connectivity index (χ2v) is 6.42. The fourth-order valence-electron chi connectivity index (χ4n) is 2.82. The minimum atomic E-state index is -0.199. The first-order chi connectivity index (χ1) is 11.6. The molecular weight excluding hydrogens is 434 g/mol. The summed E-state index contributed by atoms with van der Waals surface area (Å²) in [4.78, 5) is 6.76. The third-order valence-electron chi connectivity index (χ3n) is 4.15. The van der Waals surface area contributed by atoms with Crippen LogP contribution in [0.5, 0.6) is 0 Å². The number of piperidine rings is 1. The number of hydrogen-bond donors (Lipinski definition) is 3. The van der Waals surface area contributed by atoms with Gasteiger partial charge in [-0.3, -0.25) is 4.99 Å². The van der Waals surface area contributed by atoms with Crippen LogP contribution in [0, 0.1) is 11.7 Å². The third-order valence-corrected chi connectivity index (χ3v) is 4.15. The second kappa shape index (κ2) is 11.5. The van der Waals surface area contributed by atoms with E-state index in [9.17, 15) is 4.39 Å². The van der Waals surface area contributed by atoms with Gasteiger partial charge in [0.2, 0.25) is 0 Å². The molecule has 142 valence electrons. The van der Waals surface area contributed by atoms with Gasteiger partial charge >= 0.3 is 0 Å². The van der Waals surface area contributed by atoms with Gasteiger partial charge in [-0.05, 0) is 43.9 Å². The van der Waals surface area contributed by atoms with Gasteiger partial charge in [-0.25, -0.2) is 4.39 Å². The van der Waals surface area contributed by atoms with Gasteiger partial charge in [-0.15, -0.1) is 24.0 Å². The monoisotopic (exact) mass is 464 g/mol. The number of anilines is 1. The molecule has 1 aliphatic heterocycles. The Kier molecular flexibility index (Phi) is 10.1. The van der Waals surface area contributed by atoms with Gasteiger partial charge in [0.25, 0.3) is 0 Å². The van der Waals surface area contributed by atoms with Gasteiger partial charge in [0.1, 0.15) is 5.82 Å². The van der Waals surface area contributed by atoms with Gasteiger partial charge in [-0.1, -0.05) is 13.0 Å². The Hall–Kier alpha value is -1.09. The zero-order chi connectivity index (χ0) is 17.4. The third kappa shape index (κ3) is 7.35. The van der Waals surface area contributed by atoms with Crippen LogP contribution in [0.2, 0.25) is 0 Å². The van der Waals surface area contributed by atoms with Crippen LogP contribution < -0.4 is 15.5 Å². The molecule has 1 aliphatic rings. The van der Waals surface area contributed by atoms with Crippen molar-refractivity contribution in [2.24, 2.45) is 10.9 Å². The summed E-state index contributed by atoms with van der Waals surface area (Å²) >= 11 is 0. The van der Waals surface area contributed by atoms with E-state index in [-0.39, 0.29) is 48.4 Å². The Bertz CT molecular complexity index is 544. The Balaban J connectivity index is 0.00000312. The first-order valence-corrected chi connectivity index (χ1v) is 8.78. The van der Waals surface area contributed by atoms with Crippen molar-refractivity contribution in [1.82, 2.24) is 10.6 Å². The van der Waals surface area contributed by atoms with E-state index >= 15 is 0 Å². The van der Waals surface area contributed by atoms with Crippen LogP contribution in [0.3, 0.4) is 0 Å². The van der Waals surface area contributed by atoms with Crippen LogP contribution in [0.1, 0.15) is 26.7 Å². The molecule has 5 nitrogen and oxygen atoms in total. The molecule has 2 unspecified atom stereocenters. The molecule has 0 amide bonds. The molecule has 25 heavy (non-hydrogen) atoms. The highest BCUT2D eigenvalue weighted by Gasteiger charge is 2.21. The van der Waals surface area contributed by atoms with Crippen molar-refractivity contribution in [2.45, 2.75) is 32.7 Å². The highest BCUT2D eigenvalue weighted by atomic mass is 127.